The molecule has 1 aliphatic rings. The molecule has 0 bridgehead atoms. The maximum atomic E-state index is 14.4. The van der Waals surface area contributed by atoms with Crippen molar-refractivity contribution < 1.29 is 26.5 Å². The molecule has 2 heterocycles. The second kappa shape index (κ2) is 6.45. The van der Waals surface area contributed by atoms with Gasteiger partial charge in [0, 0.05) is 12.4 Å². The van der Waals surface area contributed by atoms with E-state index >= 15 is 0 Å². The van der Waals surface area contributed by atoms with Gasteiger partial charge in [0.2, 0.25) is 0 Å². The third-order valence-corrected chi connectivity index (χ3v) is 4.23. The number of rotatable bonds is 5. The van der Waals surface area contributed by atoms with Crippen LogP contribution in [-0.2, 0) is 19.0 Å². The van der Waals surface area contributed by atoms with Gasteiger partial charge in [-0.3, -0.25) is 9.08 Å². The van der Waals surface area contributed by atoms with Crippen molar-refractivity contribution in [1.29, 1.82) is 0 Å². The number of hydrogen-bond acceptors (Lipinski definition) is 6. The Morgan fingerprint density at radius 2 is 2.20 bits per heavy atom. The molecule has 134 valence electrons. The predicted molar refractivity (Wildman–Crippen MR) is 86.7 cm³/mol. The van der Waals surface area contributed by atoms with E-state index < -0.39 is 28.1 Å². The summed E-state index contributed by atoms with van der Waals surface area (Å²) in [6.07, 6.45) is 2.67. The normalized spacial score (nSPS) is 17.8. The molecule has 0 saturated carbocycles. The highest BCUT2D eigenvalue weighted by Gasteiger charge is 2.33. The van der Waals surface area contributed by atoms with E-state index in [0.29, 0.717) is 17.2 Å². The molecule has 3 rings (SSSR count). The molecule has 2 aromatic rings. The van der Waals surface area contributed by atoms with Gasteiger partial charge >= 0.3 is 6.09 Å². The molecule has 0 radical (unpaired) electrons. The third-order valence-electron chi connectivity index (χ3n) is 3.67. The first-order valence-electron chi connectivity index (χ1n) is 7.37. The topological polar surface area (TPSA) is 90.7 Å². The second-order valence-electron chi connectivity index (χ2n) is 5.59. The fraction of sp³-hybridized carbons (Fsp3) is 0.333. The number of aryl methyl sites for hydroxylation is 1. The van der Waals surface area contributed by atoms with E-state index in [0.717, 1.165) is 6.26 Å². The van der Waals surface area contributed by atoms with Crippen LogP contribution in [0, 0.1) is 12.7 Å². The number of anilines is 1. The van der Waals surface area contributed by atoms with Gasteiger partial charge < -0.3 is 9.30 Å². The Balaban J connectivity index is 1.77. The maximum absolute atomic E-state index is 14.4. The zero-order valence-corrected chi connectivity index (χ0v) is 14.4. The van der Waals surface area contributed by atoms with Crippen LogP contribution < -0.4 is 4.90 Å². The Morgan fingerprint density at radius 3 is 2.80 bits per heavy atom. The van der Waals surface area contributed by atoms with Crippen LogP contribution >= 0.6 is 0 Å². The van der Waals surface area contributed by atoms with Gasteiger partial charge in [0.1, 0.15) is 24.4 Å². The lowest BCUT2D eigenvalue weighted by Crippen LogP contribution is -2.26. The number of nitrogens with zero attached hydrogens (tertiary/aromatic N) is 3. The van der Waals surface area contributed by atoms with Crippen LogP contribution in [0.3, 0.4) is 0 Å². The first kappa shape index (κ1) is 17.4. The molecule has 1 saturated heterocycles. The molecule has 25 heavy (non-hydrogen) atoms. The number of carbonyl (C=O) groups excluding carboxylic acids is 1. The van der Waals surface area contributed by atoms with Crippen LogP contribution in [-0.4, -0.2) is 49.6 Å². The highest BCUT2D eigenvalue weighted by molar-refractivity contribution is 7.85. The summed E-state index contributed by atoms with van der Waals surface area (Å²) in [5, 5.41) is 0. The summed E-state index contributed by atoms with van der Waals surface area (Å²) in [5.41, 5.74) is 0.620. The Bertz CT molecular complexity index is 912. The number of imidazole rings is 1. The number of hydrogen-bond donors (Lipinski definition) is 0. The Kier molecular flexibility index (Phi) is 4.48. The van der Waals surface area contributed by atoms with Crippen molar-refractivity contribution in [1.82, 2.24) is 9.55 Å². The molecule has 0 N–H and O–H groups in total. The van der Waals surface area contributed by atoms with E-state index in [4.69, 9.17) is 4.74 Å². The second-order valence-corrected chi connectivity index (χ2v) is 7.23. The lowest BCUT2D eigenvalue weighted by molar-refractivity contribution is 0.107. The number of amides is 1. The van der Waals surface area contributed by atoms with Gasteiger partial charge in [-0.15, -0.1) is 0 Å². The summed E-state index contributed by atoms with van der Waals surface area (Å²) in [7, 11) is -3.63. The molecule has 1 amide bonds. The highest BCUT2D eigenvalue weighted by Crippen LogP contribution is 2.26. The summed E-state index contributed by atoms with van der Waals surface area (Å²) in [5.74, 6) is 0.104. The molecule has 8 nitrogen and oxygen atoms in total. The third kappa shape index (κ3) is 3.80. The average molecular weight is 369 g/mol. The smallest absolute Gasteiger partial charge is 0.414 e. The quantitative estimate of drug-likeness (QED) is 0.744. The summed E-state index contributed by atoms with van der Waals surface area (Å²) in [6.45, 7) is 1.53. The van der Waals surface area contributed by atoms with Crippen molar-refractivity contribution >= 4 is 21.9 Å². The summed E-state index contributed by atoms with van der Waals surface area (Å²) in [6, 6.07) is 4.34. The monoisotopic (exact) mass is 369 g/mol. The number of cyclic esters (lactones) is 1. The number of carbonyl (C=O) groups is 1. The van der Waals surface area contributed by atoms with Crippen LogP contribution in [0.5, 0.6) is 0 Å². The Hall–Kier alpha value is -2.46. The molecular weight excluding hydrogens is 353 g/mol. The minimum atomic E-state index is -3.63. The number of benzene rings is 1. The molecular formula is C15H16FN3O5S. The van der Waals surface area contributed by atoms with E-state index in [-0.39, 0.29) is 13.2 Å². The summed E-state index contributed by atoms with van der Waals surface area (Å²) < 4.78 is 47.7. The first-order valence-corrected chi connectivity index (χ1v) is 9.18. The fourth-order valence-corrected chi connectivity index (χ4v) is 2.91. The van der Waals surface area contributed by atoms with Crippen molar-refractivity contribution in [3.05, 3.63) is 42.2 Å². The molecule has 1 aromatic carbocycles. The van der Waals surface area contributed by atoms with Crippen molar-refractivity contribution in [2.45, 2.75) is 13.0 Å². The molecule has 10 heteroatoms. The van der Waals surface area contributed by atoms with Crippen LogP contribution in [0.2, 0.25) is 0 Å². The largest absolute Gasteiger partial charge is 0.441 e. The van der Waals surface area contributed by atoms with Crippen LogP contribution in [0.25, 0.3) is 5.69 Å². The van der Waals surface area contributed by atoms with Crippen molar-refractivity contribution in [2.24, 2.45) is 0 Å². The minimum absolute atomic E-state index is 0.0667. The van der Waals surface area contributed by atoms with E-state index in [1.54, 1.807) is 30.0 Å². The zero-order chi connectivity index (χ0) is 18.2. The van der Waals surface area contributed by atoms with E-state index in [1.807, 2.05) is 0 Å². The molecule has 1 unspecified atom stereocenters. The van der Waals surface area contributed by atoms with Crippen molar-refractivity contribution in [2.75, 3.05) is 24.3 Å². The SMILES string of the molecule is Cc1nccn1-c1ccc(N2CC(COS(C)(=O)=O)OC2=O)cc1F. The van der Waals surface area contributed by atoms with Crippen LogP contribution in [0.15, 0.2) is 30.6 Å². The number of aromatic nitrogens is 2. The standard InChI is InChI=1S/C15H16FN3O5S/c1-10-17-5-6-18(10)14-4-3-11(7-13(14)16)19-8-12(24-15(19)20)9-23-25(2,21)22/h3-7,12H,8-9H2,1-2H3. The van der Waals surface area contributed by atoms with Gasteiger partial charge in [-0.1, -0.05) is 0 Å². The Morgan fingerprint density at radius 1 is 1.44 bits per heavy atom. The summed E-state index contributed by atoms with van der Waals surface area (Å²) >= 11 is 0. The maximum Gasteiger partial charge on any atom is 0.414 e. The van der Waals surface area contributed by atoms with E-state index in [9.17, 15) is 17.6 Å². The minimum Gasteiger partial charge on any atom is -0.441 e. The van der Waals surface area contributed by atoms with Crippen LogP contribution in [0.4, 0.5) is 14.9 Å². The number of halogens is 1. The molecule has 0 spiro atoms. The van der Waals surface area contributed by atoms with Crippen molar-refractivity contribution in [3.63, 3.8) is 0 Å². The van der Waals surface area contributed by atoms with Gasteiger partial charge in [-0.05, 0) is 25.1 Å². The number of ether oxygens (including phenoxy) is 1. The lowest BCUT2D eigenvalue weighted by atomic mass is 10.2. The van der Waals surface area contributed by atoms with Crippen molar-refractivity contribution in [3.8, 4) is 5.69 Å². The molecule has 0 aliphatic carbocycles. The molecule has 1 aliphatic heterocycles. The van der Waals surface area contributed by atoms with Gasteiger partial charge in [-0.25, -0.2) is 14.2 Å². The molecule has 1 aromatic heterocycles. The molecule has 1 atom stereocenters. The predicted octanol–water partition coefficient (Wildman–Crippen LogP) is 1.62. The van der Waals surface area contributed by atoms with Crippen LogP contribution in [0.1, 0.15) is 5.82 Å². The van der Waals surface area contributed by atoms with E-state index in [1.165, 1.54) is 17.0 Å². The molecule has 1 fully saturated rings. The van der Waals surface area contributed by atoms with Gasteiger partial charge in [-0.2, -0.15) is 8.42 Å². The van der Waals surface area contributed by atoms with Gasteiger partial charge in [0.25, 0.3) is 10.1 Å². The summed E-state index contributed by atoms with van der Waals surface area (Å²) in [4.78, 5) is 17.2. The van der Waals surface area contributed by atoms with E-state index in [2.05, 4.69) is 9.17 Å². The zero-order valence-electron chi connectivity index (χ0n) is 13.5. The lowest BCUT2D eigenvalue weighted by Gasteiger charge is -2.15. The van der Waals surface area contributed by atoms with Gasteiger partial charge in [0.15, 0.2) is 0 Å². The first-order chi connectivity index (χ1) is 11.7. The highest BCUT2D eigenvalue weighted by atomic mass is 32.2. The Labute approximate surface area is 143 Å². The average Bonchev–Trinajstić information content (AvgIpc) is 3.10. The fourth-order valence-electron chi connectivity index (χ4n) is 2.51. The van der Waals surface area contributed by atoms with Gasteiger partial charge in [0.05, 0.1) is 24.2 Å².